The van der Waals surface area contributed by atoms with Gasteiger partial charge in [-0.05, 0) is 48.7 Å². The van der Waals surface area contributed by atoms with Crippen molar-refractivity contribution in [2.45, 2.75) is 43.7 Å². The molecule has 2 atom stereocenters. The normalized spacial score (nSPS) is 19.2. The molecule has 1 aromatic heterocycles. The van der Waals surface area contributed by atoms with Crippen LogP contribution in [0.3, 0.4) is 0 Å². The van der Waals surface area contributed by atoms with Crippen LogP contribution in [0.25, 0.3) is 0 Å². The number of hydrogen-bond donors (Lipinski definition) is 3. The summed E-state index contributed by atoms with van der Waals surface area (Å²) in [6, 6.07) is 17.4. The number of aryl methyl sites for hydroxylation is 1. The Hall–Kier alpha value is -3.11. The highest BCUT2D eigenvalue weighted by Gasteiger charge is 2.34. The van der Waals surface area contributed by atoms with Crippen molar-refractivity contribution in [3.63, 3.8) is 0 Å². The van der Waals surface area contributed by atoms with Crippen molar-refractivity contribution in [1.82, 2.24) is 8.87 Å². The van der Waals surface area contributed by atoms with E-state index in [0.29, 0.717) is 22.9 Å². The van der Waals surface area contributed by atoms with E-state index in [4.69, 9.17) is 4.74 Å². The van der Waals surface area contributed by atoms with E-state index < -0.39 is 22.7 Å². The van der Waals surface area contributed by atoms with Crippen molar-refractivity contribution in [3.8, 4) is 5.75 Å². The van der Waals surface area contributed by atoms with Gasteiger partial charge in [0.25, 0.3) is 0 Å². The van der Waals surface area contributed by atoms with E-state index in [1.165, 1.54) is 10.6 Å². The van der Waals surface area contributed by atoms with Crippen LogP contribution in [0.1, 0.15) is 41.6 Å². The summed E-state index contributed by atoms with van der Waals surface area (Å²) in [7, 11) is -1.68. The first-order valence-corrected chi connectivity index (χ1v) is 12.8. The Kier molecular flexibility index (Phi) is 7.05. The first kappa shape index (κ1) is 25.0. The summed E-state index contributed by atoms with van der Waals surface area (Å²) in [5.41, 5.74) is 2.91. The van der Waals surface area contributed by atoms with E-state index in [9.17, 15) is 23.8 Å². The minimum atomic E-state index is -3.31. The van der Waals surface area contributed by atoms with Crippen LogP contribution in [-0.2, 0) is 18.4 Å². The highest BCUT2D eigenvalue weighted by atomic mass is 32.3. The fourth-order valence-electron chi connectivity index (χ4n) is 4.48. The third kappa shape index (κ3) is 5.13. The molecule has 186 valence electrons. The van der Waals surface area contributed by atoms with Gasteiger partial charge in [0, 0.05) is 31.3 Å². The van der Waals surface area contributed by atoms with Crippen LogP contribution in [-0.4, -0.2) is 41.7 Å². The molecule has 8 nitrogen and oxygen atoms in total. The number of ether oxygens (including phenoxy) is 1. The van der Waals surface area contributed by atoms with Gasteiger partial charge in [-0.25, -0.2) is 0 Å². The van der Waals surface area contributed by atoms with Gasteiger partial charge >= 0.3 is 5.97 Å². The molecule has 0 radical (unpaired) electrons. The Morgan fingerprint density at radius 3 is 2.63 bits per heavy atom. The molecule has 1 unspecified atom stereocenters. The fourth-order valence-corrected chi connectivity index (χ4v) is 6.14. The SMILES string of the molecule is Cc1ccc(C(CC(=O)O)c2cccc(=O)n2C)cc1CN1C[C@@H](C)Oc2ccccc2S1(O)O. The number of para-hydroxylation sites is 1. The van der Waals surface area contributed by atoms with Crippen molar-refractivity contribution >= 4 is 16.7 Å². The van der Waals surface area contributed by atoms with Gasteiger partial charge in [0.15, 0.2) is 0 Å². The van der Waals surface area contributed by atoms with Crippen molar-refractivity contribution < 1.29 is 23.7 Å². The summed E-state index contributed by atoms with van der Waals surface area (Å²) in [5, 5.41) is 9.60. The van der Waals surface area contributed by atoms with Gasteiger partial charge in [-0.1, -0.05) is 36.4 Å². The molecular formula is C26H30N2O6S. The Morgan fingerprint density at radius 2 is 1.89 bits per heavy atom. The van der Waals surface area contributed by atoms with Crippen LogP contribution in [0.2, 0.25) is 0 Å². The summed E-state index contributed by atoms with van der Waals surface area (Å²) >= 11 is 0. The van der Waals surface area contributed by atoms with Crippen molar-refractivity contribution in [2.24, 2.45) is 7.05 Å². The maximum atomic E-state index is 12.2. The van der Waals surface area contributed by atoms with Crippen molar-refractivity contribution in [2.75, 3.05) is 6.54 Å². The Labute approximate surface area is 205 Å². The summed E-state index contributed by atoms with van der Waals surface area (Å²) < 4.78 is 31.5. The highest BCUT2D eigenvalue weighted by Crippen LogP contribution is 2.57. The van der Waals surface area contributed by atoms with E-state index in [1.807, 2.05) is 32.0 Å². The number of nitrogens with zero attached hydrogens (tertiary/aromatic N) is 2. The van der Waals surface area contributed by atoms with E-state index in [2.05, 4.69) is 0 Å². The molecule has 3 aromatic rings. The van der Waals surface area contributed by atoms with Gasteiger partial charge in [-0.15, -0.1) is 10.8 Å². The first-order valence-electron chi connectivity index (χ1n) is 11.3. The standard InChI is InChI=1S/C26H30N2O6S/c1-17-11-12-19(21(14-26(30)31)22-7-6-10-25(29)27(22)3)13-20(17)16-28-15-18(2)34-23-8-4-5-9-24(23)35(28,32)33/h4-13,18,21,32-33H,14-16H2,1-3H3,(H,30,31)/t18-,21?/m1/s1. The van der Waals surface area contributed by atoms with Crippen molar-refractivity contribution in [3.05, 3.63) is 93.4 Å². The second-order valence-electron chi connectivity index (χ2n) is 8.90. The lowest BCUT2D eigenvalue weighted by molar-refractivity contribution is -0.137. The minimum Gasteiger partial charge on any atom is -0.487 e. The van der Waals surface area contributed by atoms with Crippen LogP contribution in [0.5, 0.6) is 5.75 Å². The molecule has 1 aliphatic heterocycles. The average Bonchev–Trinajstić information content (AvgIpc) is 2.89. The lowest BCUT2D eigenvalue weighted by Gasteiger charge is -2.42. The van der Waals surface area contributed by atoms with E-state index in [-0.39, 0.29) is 24.6 Å². The smallest absolute Gasteiger partial charge is 0.304 e. The van der Waals surface area contributed by atoms with E-state index in [1.54, 1.807) is 47.8 Å². The summed E-state index contributed by atoms with van der Waals surface area (Å²) in [6.07, 6.45) is -0.455. The Bertz CT molecular complexity index is 1300. The monoisotopic (exact) mass is 498 g/mol. The zero-order valence-corrected chi connectivity index (χ0v) is 20.7. The second kappa shape index (κ2) is 9.87. The zero-order chi connectivity index (χ0) is 25.3. The number of carboxylic acids is 1. The maximum Gasteiger partial charge on any atom is 0.304 e. The number of pyridine rings is 1. The number of fused-ring (bicyclic) bond motifs is 1. The molecule has 0 spiro atoms. The molecule has 0 saturated carbocycles. The predicted molar refractivity (Wildman–Crippen MR) is 135 cm³/mol. The lowest BCUT2D eigenvalue weighted by Crippen LogP contribution is -2.33. The van der Waals surface area contributed by atoms with Crippen molar-refractivity contribution in [1.29, 1.82) is 0 Å². The van der Waals surface area contributed by atoms with Crippen LogP contribution in [0, 0.1) is 6.92 Å². The van der Waals surface area contributed by atoms with Crippen LogP contribution < -0.4 is 10.3 Å². The van der Waals surface area contributed by atoms with Gasteiger partial charge in [0.05, 0.1) is 13.0 Å². The van der Waals surface area contributed by atoms with Gasteiger partial charge in [0.2, 0.25) is 5.56 Å². The number of aromatic nitrogens is 1. The maximum absolute atomic E-state index is 12.2. The van der Waals surface area contributed by atoms with Crippen LogP contribution in [0.4, 0.5) is 0 Å². The third-order valence-electron chi connectivity index (χ3n) is 6.37. The topological polar surface area (TPSA) is 112 Å². The molecule has 2 aromatic carbocycles. The molecule has 35 heavy (non-hydrogen) atoms. The summed E-state index contributed by atoms with van der Waals surface area (Å²) in [5.74, 6) is -1.06. The Balaban J connectivity index is 1.74. The summed E-state index contributed by atoms with van der Waals surface area (Å²) in [4.78, 5) is 24.3. The number of rotatable bonds is 6. The fraction of sp³-hybridized carbons (Fsp3) is 0.308. The number of benzene rings is 2. The molecule has 3 N–H and O–H groups in total. The van der Waals surface area contributed by atoms with Gasteiger partial charge < -0.3 is 14.4 Å². The molecule has 2 heterocycles. The zero-order valence-electron chi connectivity index (χ0n) is 19.9. The molecule has 9 heteroatoms. The second-order valence-corrected chi connectivity index (χ2v) is 10.9. The van der Waals surface area contributed by atoms with Gasteiger partial charge in [-0.3, -0.25) is 18.7 Å². The third-order valence-corrected chi connectivity index (χ3v) is 8.30. The quantitative estimate of drug-likeness (QED) is 0.455. The highest BCUT2D eigenvalue weighted by molar-refractivity contribution is 8.22. The Morgan fingerprint density at radius 1 is 1.14 bits per heavy atom. The number of aliphatic carboxylic acids is 1. The molecule has 4 rings (SSSR count). The predicted octanol–water partition coefficient (Wildman–Crippen LogP) is 4.61. The molecule has 0 amide bonds. The molecule has 0 bridgehead atoms. The minimum absolute atomic E-state index is 0.184. The lowest BCUT2D eigenvalue weighted by atomic mass is 9.89. The van der Waals surface area contributed by atoms with E-state index >= 15 is 0 Å². The molecule has 0 aliphatic carbocycles. The largest absolute Gasteiger partial charge is 0.487 e. The molecule has 1 aliphatic rings. The number of carbonyl (C=O) groups is 1. The van der Waals surface area contributed by atoms with E-state index in [0.717, 1.165) is 16.7 Å². The first-order chi connectivity index (χ1) is 16.6. The van der Waals surface area contributed by atoms with Gasteiger partial charge in [0.1, 0.15) is 16.7 Å². The molecular weight excluding hydrogens is 468 g/mol. The molecule has 0 fully saturated rings. The van der Waals surface area contributed by atoms with Crippen LogP contribution in [0.15, 0.2) is 70.4 Å². The number of hydrogen-bond acceptors (Lipinski definition) is 6. The molecule has 0 saturated heterocycles. The van der Waals surface area contributed by atoms with Gasteiger partial charge in [-0.2, -0.15) is 4.31 Å². The average molecular weight is 499 g/mol. The number of carboxylic acid groups (broad SMARTS) is 1. The van der Waals surface area contributed by atoms with Crippen LogP contribution >= 0.6 is 10.8 Å². The summed E-state index contributed by atoms with van der Waals surface area (Å²) in [6.45, 7) is 4.34.